The van der Waals surface area contributed by atoms with Crippen LogP contribution < -0.4 is 10.1 Å². The molecule has 0 saturated heterocycles. The van der Waals surface area contributed by atoms with Gasteiger partial charge in [-0.15, -0.1) is 11.8 Å². The minimum Gasteiger partial charge on any atom is -0.497 e. The van der Waals surface area contributed by atoms with Gasteiger partial charge in [-0.2, -0.15) is 0 Å². The lowest BCUT2D eigenvalue weighted by molar-refractivity contribution is -0.140. The van der Waals surface area contributed by atoms with E-state index in [9.17, 15) is 9.59 Å². The van der Waals surface area contributed by atoms with Crippen molar-refractivity contribution in [2.75, 3.05) is 19.4 Å². The van der Waals surface area contributed by atoms with E-state index in [1.807, 2.05) is 68.4 Å². The molecule has 2 rings (SSSR count). The Bertz CT molecular complexity index is 794. The number of hydrogen-bond acceptors (Lipinski definition) is 4. The van der Waals surface area contributed by atoms with Crippen molar-refractivity contribution < 1.29 is 14.3 Å². The molecule has 5 nitrogen and oxygen atoms in total. The summed E-state index contributed by atoms with van der Waals surface area (Å²) in [6.45, 7) is 6.87. The van der Waals surface area contributed by atoms with Gasteiger partial charge < -0.3 is 15.0 Å². The molecule has 2 amide bonds. The van der Waals surface area contributed by atoms with Crippen LogP contribution in [-0.2, 0) is 16.1 Å². The molecule has 6 heteroatoms. The molecule has 0 bridgehead atoms. The second-order valence-electron chi connectivity index (χ2n) is 7.60. The van der Waals surface area contributed by atoms with Crippen LogP contribution in [0.4, 0.5) is 0 Å². The maximum atomic E-state index is 13.1. The Kier molecular flexibility index (Phi) is 9.74. The smallest absolute Gasteiger partial charge is 0.242 e. The zero-order chi connectivity index (χ0) is 21.9. The lowest BCUT2D eigenvalue weighted by Gasteiger charge is -2.29. The van der Waals surface area contributed by atoms with Crippen LogP contribution in [0.1, 0.15) is 32.8 Å². The fourth-order valence-electron chi connectivity index (χ4n) is 2.88. The molecule has 2 aromatic rings. The zero-order valence-corrected chi connectivity index (χ0v) is 19.1. The first-order chi connectivity index (χ1) is 14.4. The maximum Gasteiger partial charge on any atom is 0.242 e. The van der Waals surface area contributed by atoms with E-state index in [0.29, 0.717) is 31.2 Å². The Labute approximate surface area is 184 Å². The molecule has 0 aromatic heterocycles. The Morgan fingerprint density at radius 2 is 1.70 bits per heavy atom. The van der Waals surface area contributed by atoms with E-state index in [4.69, 9.17) is 4.74 Å². The molecule has 0 radical (unpaired) electrons. The second kappa shape index (κ2) is 12.3. The van der Waals surface area contributed by atoms with Gasteiger partial charge in [0.25, 0.3) is 0 Å². The third kappa shape index (κ3) is 7.75. The largest absolute Gasteiger partial charge is 0.497 e. The van der Waals surface area contributed by atoms with E-state index in [1.54, 1.807) is 30.7 Å². The number of nitrogens with zero attached hydrogens (tertiary/aromatic N) is 1. The molecule has 0 fully saturated rings. The first-order valence-electron chi connectivity index (χ1n) is 10.3. The van der Waals surface area contributed by atoms with E-state index < -0.39 is 6.04 Å². The van der Waals surface area contributed by atoms with E-state index in [0.717, 1.165) is 16.2 Å². The third-order valence-corrected chi connectivity index (χ3v) is 5.71. The number of carbonyl (C=O) groups excluding carboxylic acids is 2. The van der Waals surface area contributed by atoms with Crippen LogP contribution in [0.15, 0.2) is 59.5 Å². The summed E-state index contributed by atoms with van der Waals surface area (Å²) in [6, 6.07) is 17.1. The Morgan fingerprint density at radius 1 is 1.03 bits per heavy atom. The predicted molar refractivity (Wildman–Crippen MR) is 123 cm³/mol. The number of nitrogens with one attached hydrogen (secondary N) is 1. The molecule has 1 atom stereocenters. The Morgan fingerprint density at radius 3 is 2.30 bits per heavy atom. The third-order valence-electron chi connectivity index (χ3n) is 4.69. The standard InChI is InChI=1S/C24H32N2O3S/c1-18(2)16-25-24(28)19(3)26(17-20-10-12-21(29-4)13-11-20)23(27)14-15-30-22-8-6-5-7-9-22/h5-13,18-19H,14-17H2,1-4H3,(H,25,28). The second-order valence-corrected chi connectivity index (χ2v) is 8.76. The summed E-state index contributed by atoms with van der Waals surface area (Å²) in [5.74, 6) is 1.64. The highest BCUT2D eigenvalue weighted by molar-refractivity contribution is 7.99. The molecular weight excluding hydrogens is 396 g/mol. The normalized spacial score (nSPS) is 11.8. The van der Waals surface area contributed by atoms with Gasteiger partial charge in [0.15, 0.2) is 0 Å². The summed E-state index contributed by atoms with van der Waals surface area (Å²) in [5.41, 5.74) is 0.961. The first-order valence-corrected chi connectivity index (χ1v) is 11.3. The number of carbonyl (C=O) groups is 2. The summed E-state index contributed by atoms with van der Waals surface area (Å²) >= 11 is 1.65. The van der Waals surface area contributed by atoms with Crippen LogP contribution in [-0.4, -0.2) is 42.2 Å². The molecule has 0 aliphatic carbocycles. The van der Waals surface area contributed by atoms with E-state index >= 15 is 0 Å². The summed E-state index contributed by atoms with van der Waals surface area (Å²) in [6.07, 6.45) is 0.373. The van der Waals surface area contributed by atoms with Crippen molar-refractivity contribution in [2.45, 2.75) is 44.7 Å². The van der Waals surface area contributed by atoms with Crippen molar-refractivity contribution in [2.24, 2.45) is 5.92 Å². The number of methoxy groups -OCH3 is 1. The van der Waals surface area contributed by atoms with Gasteiger partial charge in [0.05, 0.1) is 7.11 Å². The molecule has 0 aliphatic heterocycles. The minimum absolute atomic E-state index is 0.0264. The number of rotatable bonds is 11. The van der Waals surface area contributed by atoms with Gasteiger partial charge >= 0.3 is 0 Å². The Balaban J connectivity index is 2.05. The highest BCUT2D eigenvalue weighted by atomic mass is 32.2. The average molecular weight is 429 g/mol. The first kappa shape index (κ1) is 23.8. The van der Waals surface area contributed by atoms with Gasteiger partial charge in [-0.25, -0.2) is 0 Å². The van der Waals surface area contributed by atoms with Gasteiger partial charge in [-0.05, 0) is 42.7 Å². The van der Waals surface area contributed by atoms with Gasteiger partial charge in [0, 0.05) is 30.2 Å². The number of amides is 2. The molecule has 0 saturated carbocycles. The van der Waals surface area contributed by atoms with Crippen molar-refractivity contribution in [3.05, 3.63) is 60.2 Å². The van der Waals surface area contributed by atoms with Gasteiger partial charge in [-0.3, -0.25) is 9.59 Å². The van der Waals surface area contributed by atoms with Crippen molar-refractivity contribution in [3.63, 3.8) is 0 Å². The molecule has 0 aliphatic rings. The van der Waals surface area contributed by atoms with Crippen LogP contribution in [0.2, 0.25) is 0 Å². The van der Waals surface area contributed by atoms with E-state index in [2.05, 4.69) is 5.32 Å². The fourth-order valence-corrected chi connectivity index (χ4v) is 3.74. The highest BCUT2D eigenvalue weighted by Crippen LogP contribution is 2.20. The minimum atomic E-state index is -0.542. The molecule has 0 heterocycles. The summed E-state index contributed by atoms with van der Waals surface area (Å²) in [5, 5.41) is 2.95. The lowest BCUT2D eigenvalue weighted by Crippen LogP contribution is -2.48. The lowest BCUT2D eigenvalue weighted by atomic mass is 10.1. The number of thioether (sulfide) groups is 1. The summed E-state index contributed by atoms with van der Waals surface area (Å²) in [7, 11) is 1.62. The van der Waals surface area contributed by atoms with Gasteiger partial charge in [0.2, 0.25) is 11.8 Å². The molecule has 2 aromatic carbocycles. The Hall–Kier alpha value is -2.47. The summed E-state index contributed by atoms with van der Waals surface area (Å²) in [4.78, 5) is 28.5. The average Bonchev–Trinajstić information content (AvgIpc) is 2.76. The van der Waals surface area contributed by atoms with Crippen molar-refractivity contribution in [3.8, 4) is 5.75 Å². The van der Waals surface area contributed by atoms with Crippen molar-refractivity contribution in [1.82, 2.24) is 10.2 Å². The summed E-state index contributed by atoms with van der Waals surface area (Å²) < 4.78 is 5.21. The van der Waals surface area contributed by atoms with Crippen LogP contribution in [0.5, 0.6) is 5.75 Å². The molecule has 30 heavy (non-hydrogen) atoms. The number of benzene rings is 2. The van der Waals surface area contributed by atoms with Crippen LogP contribution in [0, 0.1) is 5.92 Å². The van der Waals surface area contributed by atoms with E-state index in [1.165, 1.54) is 0 Å². The van der Waals surface area contributed by atoms with Crippen LogP contribution in [0.3, 0.4) is 0 Å². The monoisotopic (exact) mass is 428 g/mol. The highest BCUT2D eigenvalue weighted by Gasteiger charge is 2.26. The van der Waals surface area contributed by atoms with Crippen LogP contribution in [0.25, 0.3) is 0 Å². The quantitative estimate of drug-likeness (QED) is 0.540. The number of hydrogen-bond donors (Lipinski definition) is 1. The SMILES string of the molecule is COc1ccc(CN(C(=O)CCSc2ccccc2)C(C)C(=O)NCC(C)C)cc1. The molecule has 0 spiro atoms. The van der Waals surface area contributed by atoms with Crippen molar-refractivity contribution >= 4 is 23.6 Å². The van der Waals surface area contributed by atoms with Crippen molar-refractivity contribution in [1.29, 1.82) is 0 Å². The molecule has 162 valence electrons. The van der Waals surface area contributed by atoms with Gasteiger partial charge in [0.1, 0.15) is 11.8 Å². The van der Waals surface area contributed by atoms with E-state index in [-0.39, 0.29) is 11.8 Å². The topological polar surface area (TPSA) is 58.6 Å². The maximum absolute atomic E-state index is 13.1. The molecular formula is C24H32N2O3S. The zero-order valence-electron chi connectivity index (χ0n) is 18.3. The van der Waals surface area contributed by atoms with Crippen LogP contribution >= 0.6 is 11.8 Å². The number of ether oxygens (including phenoxy) is 1. The molecule has 1 unspecified atom stereocenters. The predicted octanol–water partition coefficient (Wildman–Crippen LogP) is 4.37. The van der Waals surface area contributed by atoms with Gasteiger partial charge in [-0.1, -0.05) is 44.2 Å². The fraction of sp³-hybridized carbons (Fsp3) is 0.417. The molecule has 1 N–H and O–H groups in total.